The second-order valence-electron chi connectivity index (χ2n) is 3.55. The van der Waals surface area contributed by atoms with E-state index in [1.54, 1.807) is 0 Å². The van der Waals surface area contributed by atoms with Crippen LogP contribution in [-0.4, -0.2) is 45.5 Å². The van der Waals surface area contributed by atoms with E-state index in [4.69, 9.17) is 14.8 Å². The molecule has 1 aliphatic heterocycles. The van der Waals surface area contributed by atoms with E-state index >= 15 is 0 Å². The summed E-state index contributed by atoms with van der Waals surface area (Å²) in [6.07, 6.45) is 3.01. The highest BCUT2D eigenvalue weighted by Gasteiger charge is 2.37. The molecular weight excluding hydrogens is 199 g/mol. The van der Waals surface area contributed by atoms with Crippen LogP contribution in [0.1, 0.15) is 12.2 Å². The first-order chi connectivity index (χ1) is 7.12. The zero-order valence-corrected chi connectivity index (χ0v) is 8.00. The van der Waals surface area contributed by atoms with Crippen molar-refractivity contribution in [2.24, 2.45) is 0 Å². The van der Waals surface area contributed by atoms with Gasteiger partial charge in [0.1, 0.15) is 5.60 Å². The van der Waals surface area contributed by atoms with Gasteiger partial charge in [-0.3, -0.25) is 0 Å². The number of ether oxygens (including phenoxy) is 1. The van der Waals surface area contributed by atoms with E-state index in [1.807, 2.05) is 0 Å². The Kier molecular flexibility index (Phi) is 2.70. The smallest absolute Gasteiger partial charge is 0.423 e. The minimum atomic E-state index is -1.59. The molecule has 0 saturated carbocycles. The lowest BCUT2D eigenvalue weighted by Gasteiger charge is -2.18. The Morgan fingerprint density at radius 3 is 2.47 bits per heavy atom. The molecule has 0 bridgehead atoms. The molecule has 80 valence electrons. The Balaban J connectivity index is 2.23. The van der Waals surface area contributed by atoms with Gasteiger partial charge in [-0.25, -0.2) is 9.97 Å². The Labute approximate surface area is 86.7 Å². The van der Waals surface area contributed by atoms with Crippen molar-refractivity contribution < 1.29 is 19.9 Å². The van der Waals surface area contributed by atoms with Crippen molar-refractivity contribution in [2.45, 2.75) is 12.0 Å². The standard InChI is InChI=1S/C8H11BN2O4/c12-8(1-2-15-5-8)7-10-3-6(4-11-7)9(13)14/h3-4,12-14H,1-2,5H2. The van der Waals surface area contributed by atoms with E-state index in [9.17, 15) is 5.11 Å². The Morgan fingerprint density at radius 2 is 2.00 bits per heavy atom. The monoisotopic (exact) mass is 210 g/mol. The number of hydrogen-bond acceptors (Lipinski definition) is 6. The second-order valence-corrected chi connectivity index (χ2v) is 3.55. The number of hydrogen-bond donors (Lipinski definition) is 3. The SMILES string of the molecule is OB(O)c1cnc(C2(O)CCOC2)nc1. The van der Waals surface area contributed by atoms with E-state index in [0.29, 0.717) is 13.0 Å². The van der Waals surface area contributed by atoms with Gasteiger partial charge in [0.05, 0.1) is 13.2 Å². The van der Waals surface area contributed by atoms with Gasteiger partial charge in [0.25, 0.3) is 0 Å². The largest absolute Gasteiger partial charge is 0.491 e. The fourth-order valence-corrected chi connectivity index (χ4v) is 1.44. The predicted octanol–water partition coefficient (Wildman–Crippen LogP) is -2.24. The van der Waals surface area contributed by atoms with E-state index in [0.717, 1.165) is 0 Å². The lowest BCUT2D eigenvalue weighted by Crippen LogP contribution is -2.34. The zero-order chi connectivity index (χ0) is 10.9. The van der Waals surface area contributed by atoms with Gasteiger partial charge in [0.15, 0.2) is 5.82 Å². The fourth-order valence-electron chi connectivity index (χ4n) is 1.44. The normalized spacial score (nSPS) is 25.5. The van der Waals surface area contributed by atoms with E-state index in [-0.39, 0.29) is 17.9 Å². The molecule has 6 nitrogen and oxygen atoms in total. The van der Waals surface area contributed by atoms with Crippen LogP contribution in [0.25, 0.3) is 0 Å². The number of nitrogens with zero attached hydrogens (tertiary/aromatic N) is 2. The third-order valence-electron chi connectivity index (χ3n) is 2.39. The van der Waals surface area contributed by atoms with E-state index < -0.39 is 12.7 Å². The molecule has 1 aromatic heterocycles. The molecule has 0 radical (unpaired) electrons. The van der Waals surface area contributed by atoms with Crippen molar-refractivity contribution in [2.75, 3.05) is 13.2 Å². The van der Waals surface area contributed by atoms with Crippen LogP contribution in [0.2, 0.25) is 0 Å². The summed E-state index contributed by atoms with van der Waals surface area (Å²) in [6.45, 7) is 0.651. The lowest BCUT2D eigenvalue weighted by atomic mass is 9.83. The molecule has 3 N–H and O–H groups in total. The maximum absolute atomic E-state index is 10.0. The van der Waals surface area contributed by atoms with Crippen LogP contribution >= 0.6 is 0 Å². The van der Waals surface area contributed by atoms with Gasteiger partial charge < -0.3 is 19.9 Å². The third kappa shape index (κ3) is 2.00. The molecule has 1 aliphatic rings. The van der Waals surface area contributed by atoms with Crippen LogP contribution in [0.4, 0.5) is 0 Å². The van der Waals surface area contributed by atoms with Crippen molar-refractivity contribution in [1.29, 1.82) is 0 Å². The maximum Gasteiger partial charge on any atom is 0.491 e. The molecule has 2 rings (SSSR count). The summed E-state index contributed by atoms with van der Waals surface area (Å²) in [7, 11) is -1.59. The quantitative estimate of drug-likeness (QED) is 0.478. The number of rotatable bonds is 2. The van der Waals surface area contributed by atoms with Gasteiger partial charge in [0, 0.05) is 24.3 Å². The van der Waals surface area contributed by atoms with Crippen LogP contribution in [0.15, 0.2) is 12.4 Å². The fraction of sp³-hybridized carbons (Fsp3) is 0.500. The summed E-state index contributed by atoms with van der Waals surface area (Å²) in [5.74, 6) is 0.254. The van der Waals surface area contributed by atoms with Crippen molar-refractivity contribution in [3.8, 4) is 0 Å². The van der Waals surface area contributed by atoms with E-state index in [2.05, 4.69) is 9.97 Å². The summed E-state index contributed by atoms with van der Waals surface area (Å²) < 4.78 is 5.06. The van der Waals surface area contributed by atoms with Gasteiger partial charge in [0.2, 0.25) is 0 Å². The Hall–Kier alpha value is -1.02. The molecule has 1 aromatic rings. The molecule has 1 fully saturated rings. The highest BCUT2D eigenvalue weighted by Crippen LogP contribution is 2.26. The first kappa shape index (κ1) is 10.5. The minimum Gasteiger partial charge on any atom is -0.423 e. The van der Waals surface area contributed by atoms with Crippen LogP contribution in [0, 0.1) is 0 Å². The summed E-state index contributed by atoms with van der Waals surface area (Å²) >= 11 is 0. The number of aliphatic hydroxyl groups is 1. The highest BCUT2D eigenvalue weighted by atomic mass is 16.5. The molecule has 0 aliphatic carbocycles. The van der Waals surface area contributed by atoms with E-state index in [1.165, 1.54) is 12.4 Å². The minimum absolute atomic E-state index is 0.175. The van der Waals surface area contributed by atoms with Crippen LogP contribution in [-0.2, 0) is 10.3 Å². The molecule has 7 heteroatoms. The molecule has 1 saturated heterocycles. The van der Waals surface area contributed by atoms with Crippen molar-refractivity contribution in [3.63, 3.8) is 0 Å². The summed E-state index contributed by atoms with van der Waals surface area (Å²) in [4.78, 5) is 7.79. The van der Waals surface area contributed by atoms with Crippen LogP contribution < -0.4 is 5.46 Å². The molecule has 15 heavy (non-hydrogen) atoms. The second kappa shape index (κ2) is 3.86. The highest BCUT2D eigenvalue weighted by molar-refractivity contribution is 6.58. The third-order valence-corrected chi connectivity index (χ3v) is 2.39. The molecule has 0 spiro atoms. The average molecular weight is 210 g/mol. The molecule has 1 atom stereocenters. The van der Waals surface area contributed by atoms with Gasteiger partial charge in [-0.05, 0) is 0 Å². The van der Waals surface area contributed by atoms with Gasteiger partial charge in [-0.2, -0.15) is 0 Å². The maximum atomic E-state index is 10.0. The van der Waals surface area contributed by atoms with Gasteiger partial charge in [-0.1, -0.05) is 0 Å². The predicted molar refractivity (Wildman–Crippen MR) is 51.2 cm³/mol. The summed E-state index contributed by atoms with van der Waals surface area (Å²) in [5, 5.41) is 27.7. The topological polar surface area (TPSA) is 95.7 Å². The Morgan fingerprint density at radius 1 is 1.33 bits per heavy atom. The average Bonchev–Trinajstić information content (AvgIpc) is 2.67. The summed E-state index contributed by atoms with van der Waals surface area (Å²) in [5.41, 5.74) is -0.944. The molecular formula is C8H11BN2O4. The van der Waals surface area contributed by atoms with Crippen molar-refractivity contribution in [1.82, 2.24) is 9.97 Å². The molecule has 2 heterocycles. The first-order valence-corrected chi connectivity index (χ1v) is 4.60. The first-order valence-electron chi connectivity index (χ1n) is 4.60. The molecule has 0 amide bonds. The van der Waals surface area contributed by atoms with Crippen LogP contribution in [0.3, 0.4) is 0 Å². The zero-order valence-electron chi connectivity index (χ0n) is 8.00. The summed E-state index contributed by atoms with van der Waals surface area (Å²) in [6, 6.07) is 0. The lowest BCUT2D eigenvalue weighted by molar-refractivity contribution is 0.0154. The van der Waals surface area contributed by atoms with Crippen molar-refractivity contribution in [3.05, 3.63) is 18.2 Å². The molecule has 1 unspecified atom stereocenters. The number of aromatic nitrogens is 2. The van der Waals surface area contributed by atoms with Crippen LogP contribution in [0.5, 0.6) is 0 Å². The molecule has 0 aromatic carbocycles. The van der Waals surface area contributed by atoms with Crippen molar-refractivity contribution >= 4 is 12.6 Å². The van der Waals surface area contributed by atoms with Gasteiger partial charge >= 0.3 is 7.12 Å². The Bertz CT molecular complexity index is 337. The van der Waals surface area contributed by atoms with Gasteiger partial charge in [-0.15, -0.1) is 0 Å².